The van der Waals surface area contributed by atoms with Crippen LogP contribution in [0.15, 0.2) is 12.2 Å². The minimum atomic E-state index is -1.92. The van der Waals surface area contributed by atoms with Gasteiger partial charge in [-0.15, -0.1) is 0 Å². The van der Waals surface area contributed by atoms with Crippen LogP contribution in [0.4, 0.5) is 0 Å². The summed E-state index contributed by atoms with van der Waals surface area (Å²) >= 11 is 0. The van der Waals surface area contributed by atoms with Crippen molar-refractivity contribution < 1.29 is 109 Å². The fourth-order valence-corrected chi connectivity index (χ4v) is 13.2. The van der Waals surface area contributed by atoms with Gasteiger partial charge in [-0.05, 0) is 86.5 Å². The van der Waals surface area contributed by atoms with Gasteiger partial charge < -0.3 is 104 Å². The molecule has 0 radical (unpaired) electrons. The molecule has 4 aliphatic heterocycles. The zero-order valence-corrected chi connectivity index (χ0v) is 36.5. The largest absolute Gasteiger partial charge is 0.432 e. The van der Waals surface area contributed by atoms with E-state index in [4.69, 9.17) is 37.9 Å². The Morgan fingerprint density at radius 3 is 1.83 bits per heavy atom. The van der Waals surface area contributed by atoms with Crippen molar-refractivity contribution >= 4 is 5.97 Å². The molecule has 2 bridgehead atoms. The Morgan fingerprint density at radius 1 is 0.631 bits per heavy atom. The first-order valence-corrected chi connectivity index (χ1v) is 22.8. The Bertz CT molecular complexity index is 1710. The lowest BCUT2D eigenvalue weighted by Crippen LogP contribution is -2.67. The highest BCUT2D eigenvalue weighted by Gasteiger charge is 2.69. The lowest BCUT2D eigenvalue weighted by molar-refractivity contribution is -0.395. The van der Waals surface area contributed by atoms with Crippen molar-refractivity contribution in [2.24, 2.45) is 28.1 Å². The number of hydrogen-bond acceptors (Lipinski definition) is 22. The van der Waals surface area contributed by atoms with Gasteiger partial charge in [0.15, 0.2) is 18.9 Å². The maximum absolute atomic E-state index is 14.3. The second-order valence-corrected chi connectivity index (χ2v) is 20.4. The molecule has 22 nitrogen and oxygen atoms in total. The van der Waals surface area contributed by atoms with Crippen LogP contribution >= 0.6 is 0 Å². The predicted molar refractivity (Wildman–Crippen MR) is 213 cm³/mol. The molecule has 8 aliphatic rings. The second kappa shape index (κ2) is 18.6. The monoisotopic (exact) mass is 936 g/mol. The molecular weight excluding hydrogens is 868 g/mol. The molecule has 22 heteroatoms. The lowest BCUT2D eigenvalue weighted by atomic mass is 9.41. The molecule has 4 heterocycles. The summed E-state index contributed by atoms with van der Waals surface area (Å²) in [5.74, 6) is -0.744. The second-order valence-electron chi connectivity index (χ2n) is 20.4. The standard InChI is InChI=1S/C43H68O22/c1-17-11-42-9-5-22-40(2,7-4-8-41(22,3)39(57)64-37-32(56)29(53)26(50)20(13-45)60-37)23(42)6-10-43(17,16-42)65-38-34(63-35-30(54)24(48)18(47)15-58-35)33(27(51)21(14-46)61-38)62-36-31(55)28(52)25(49)19(12-44)59-36/h18-38,44-56H,1,4-16H2,2-3H3/t18-,19-,20-,21-,22+,23-,24+,25-,26-,27-,28+,29+,30-,31-,32-,33+,34-,35+,36+,37+,38+,40-,41-,42-,43+/m1/s1. The summed E-state index contributed by atoms with van der Waals surface area (Å²) in [5.41, 5.74) is -2.17. The normalized spacial score (nSPS) is 54.7. The Kier molecular flexibility index (Phi) is 14.3. The summed E-state index contributed by atoms with van der Waals surface area (Å²) in [6, 6.07) is 0. The van der Waals surface area contributed by atoms with Crippen molar-refractivity contribution in [3.8, 4) is 0 Å². The van der Waals surface area contributed by atoms with Crippen molar-refractivity contribution in [1.29, 1.82) is 0 Å². The van der Waals surface area contributed by atoms with Gasteiger partial charge in [-0.3, -0.25) is 4.79 Å². The van der Waals surface area contributed by atoms with Crippen molar-refractivity contribution in [3.05, 3.63) is 12.2 Å². The van der Waals surface area contributed by atoms with Crippen LogP contribution < -0.4 is 0 Å². The smallest absolute Gasteiger partial charge is 0.314 e. The Labute approximate surface area is 375 Å². The summed E-state index contributed by atoms with van der Waals surface area (Å²) in [4.78, 5) is 14.3. The highest BCUT2D eigenvalue weighted by Crippen LogP contribution is 2.73. The molecule has 4 aliphatic carbocycles. The van der Waals surface area contributed by atoms with E-state index in [9.17, 15) is 71.2 Å². The van der Waals surface area contributed by atoms with E-state index < -0.39 is 166 Å². The van der Waals surface area contributed by atoms with E-state index in [2.05, 4.69) is 13.5 Å². The SMILES string of the molecule is C=C1C[C@@]23CC[C@H]4[C@@](C)(CCC[C@@]4(C)C(=O)O[C@@H]4O[C@H](CO)[C@@H](O)[C@H](O)[C@H]4O)[C@H]2CC[C@]1(O[C@@H]1O[C@H](CO)[C@@H](O)[C@H](O[C@@H]2O[C@H](CO)[C@@H](O)[C@H](O)[C@H]2O)[C@H]1O[C@@H]1OC[C@@H](O)[C@H](O)[C@H]1O)C3. The average molecular weight is 937 g/mol. The van der Waals surface area contributed by atoms with Gasteiger partial charge >= 0.3 is 5.97 Å². The van der Waals surface area contributed by atoms with Crippen molar-refractivity contribution in [2.75, 3.05) is 26.4 Å². The van der Waals surface area contributed by atoms with Gasteiger partial charge in [0.2, 0.25) is 6.29 Å². The average Bonchev–Trinajstić information content (AvgIpc) is 3.48. The summed E-state index contributed by atoms with van der Waals surface area (Å²) in [6.07, 6.45) is -26.1. The minimum Gasteiger partial charge on any atom is -0.432 e. The van der Waals surface area contributed by atoms with Crippen LogP contribution in [-0.4, -0.2) is 221 Å². The lowest BCUT2D eigenvalue weighted by Gasteiger charge is -2.64. The number of rotatable bonds is 11. The third-order valence-corrected chi connectivity index (χ3v) is 16.7. The van der Waals surface area contributed by atoms with Crippen LogP contribution in [0.5, 0.6) is 0 Å². The number of esters is 1. The Hall–Kier alpha value is -1.59. The highest BCUT2D eigenvalue weighted by atomic mass is 16.8. The number of ether oxygens (including phenoxy) is 8. The molecule has 0 aromatic heterocycles. The number of carbonyl (C=O) groups excluding carboxylic acids is 1. The van der Waals surface area contributed by atoms with Gasteiger partial charge in [0.05, 0.1) is 37.4 Å². The van der Waals surface area contributed by atoms with Crippen LogP contribution in [-0.2, 0) is 42.7 Å². The molecule has 25 atom stereocenters. The number of aliphatic hydroxyl groups is 13. The van der Waals surface area contributed by atoms with Crippen LogP contribution in [0.25, 0.3) is 0 Å². The molecule has 1 spiro atoms. The molecule has 0 aromatic carbocycles. The van der Waals surface area contributed by atoms with Gasteiger partial charge in [0, 0.05) is 0 Å². The molecule has 8 fully saturated rings. The number of fused-ring (bicyclic) bond motifs is 3. The molecule has 0 amide bonds. The van der Waals surface area contributed by atoms with Crippen molar-refractivity contribution in [1.82, 2.24) is 0 Å². The third-order valence-electron chi connectivity index (χ3n) is 16.7. The molecule has 8 rings (SSSR count). The summed E-state index contributed by atoms with van der Waals surface area (Å²) in [5, 5.41) is 137. The van der Waals surface area contributed by atoms with Crippen LogP contribution in [0.3, 0.4) is 0 Å². The van der Waals surface area contributed by atoms with Gasteiger partial charge in [0.1, 0.15) is 91.6 Å². The number of hydrogen-bond donors (Lipinski definition) is 13. The van der Waals surface area contributed by atoms with Crippen molar-refractivity contribution in [2.45, 2.75) is 194 Å². The Balaban J connectivity index is 1.05. The first kappa shape index (κ1) is 49.8. The van der Waals surface area contributed by atoms with E-state index in [1.807, 2.05) is 6.92 Å². The van der Waals surface area contributed by atoms with E-state index in [1.54, 1.807) is 0 Å². The topological polar surface area (TPSA) is 354 Å². The molecule has 13 N–H and O–H groups in total. The van der Waals surface area contributed by atoms with Crippen LogP contribution in [0, 0.1) is 28.1 Å². The van der Waals surface area contributed by atoms with E-state index in [1.165, 1.54) is 0 Å². The van der Waals surface area contributed by atoms with Gasteiger partial charge in [-0.1, -0.05) is 19.9 Å². The fraction of sp³-hybridized carbons (Fsp3) is 0.930. The zero-order valence-electron chi connectivity index (χ0n) is 36.5. The first-order chi connectivity index (χ1) is 30.7. The predicted octanol–water partition coefficient (Wildman–Crippen LogP) is -4.47. The quantitative estimate of drug-likeness (QED) is 0.0528. The summed E-state index contributed by atoms with van der Waals surface area (Å²) in [7, 11) is 0. The number of aliphatic hydroxyl groups excluding tert-OH is 13. The summed E-state index contributed by atoms with van der Waals surface area (Å²) < 4.78 is 48.1. The fourth-order valence-electron chi connectivity index (χ4n) is 13.2. The zero-order chi connectivity index (χ0) is 47.1. The van der Waals surface area contributed by atoms with E-state index in [0.29, 0.717) is 51.4 Å². The minimum absolute atomic E-state index is 0.0525. The molecule has 0 aromatic rings. The molecule has 65 heavy (non-hydrogen) atoms. The number of carbonyl (C=O) groups is 1. The summed E-state index contributed by atoms with van der Waals surface area (Å²) in [6.45, 7) is 5.86. The molecule has 4 saturated heterocycles. The van der Waals surface area contributed by atoms with E-state index in [-0.39, 0.29) is 17.3 Å². The highest BCUT2D eigenvalue weighted by molar-refractivity contribution is 5.77. The third kappa shape index (κ3) is 8.32. The van der Waals surface area contributed by atoms with Crippen LogP contribution in [0.1, 0.15) is 71.6 Å². The van der Waals surface area contributed by atoms with Gasteiger partial charge in [-0.25, -0.2) is 0 Å². The van der Waals surface area contributed by atoms with Gasteiger partial charge in [-0.2, -0.15) is 0 Å². The first-order valence-electron chi connectivity index (χ1n) is 22.8. The Morgan fingerprint density at radius 2 is 1.18 bits per heavy atom. The van der Waals surface area contributed by atoms with Crippen LogP contribution in [0.2, 0.25) is 0 Å². The van der Waals surface area contributed by atoms with Gasteiger partial charge in [0.25, 0.3) is 0 Å². The molecule has 372 valence electrons. The van der Waals surface area contributed by atoms with Crippen molar-refractivity contribution in [3.63, 3.8) is 0 Å². The maximum Gasteiger partial charge on any atom is 0.314 e. The molecule has 4 saturated carbocycles. The van der Waals surface area contributed by atoms with E-state index in [0.717, 1.165) is 12.0 Å². The maximum atomic E-state index is 14.3. The molecule has 0 unspecified atom stereocenters. The van der Waals surface area contributed by atoms with E-state index >= 15 is 0 Å². The molecular formula is C43H68O22.